The highest BCUT2D eigenvalue weighted by Gasteiger charge is 2.36. The third-order valence-electron chi connectivity index (χ3n) is 5.83. The van der Waals surface area contributed by atoms with E-state index in [-0.39, 0.29) is 16.2 Å². The summed E-state index contributed by atoms with van der Waals surface area (Å²) in [5, 5.41) is -0.337. The van der Waals surface area contributed by atoms with Gasteiger partial charge in [0.25, 0.3) is 0 Å². The molecule has 2 saturated carbocycles. The van der Waals surface area contributed by atoms with Crippen molar-refractivity contribution in [2.24, 2.45) is 0 Å². The van der Waals surface area contributed by atoms with E-state index in [1.165, 1.54) is 6.42 Å². The lowest BCUT2D eigenvalue weighted by Crippen LogP contribution is -2.25. The van der Waals surface area contributed by atoms with Gasteiger partial charge in [0, 0.05) is 18.4 Å². The van der Waals surface area contributed by atoms with Gasteiger partial charge in [0.1, 0.15) is 16.2 Å². The van der Waals surface area contributed by atoms with Gasteiger partial charge in [-0.2, -0.15) is 0 Å². The number of aromatic nitrogens is 3. The van der Waals surface area contributed by atoms with E-state index in [4.69, 9.17) is 5.73 Å². The van der Waals surface area contributed by atoms with Crippen molar-refractivity contribution in [3.8, 4) is 0 Å². The van der Waals surface area contributed by atoms with Crippen LogP contribution in [0.15, 0.2) is 17.3 Å². The summed E-state index contributed by atoms with van der Waals surface area (Å²) in [4.78, 5) is 9.06. The summed E-state index contributed by atoms with van der Waals surface area (Å²) in [6.07, 6.45) is 13.2. The fourth-order valence-corrected chi connectivity index (χ4v) is 6.63. The third-order valence-corrected chi connectivity index (χ3v) is 8.15. The van der Waals surface area contributed by atoms with Crippen LogP contribution in [0.1, 0.15) is 70.3 Å². The van der Waals surface area contributed by atoms with Crippen molar-refractivity contribution >= 4 is 26.8 Å². The molecule has 2 fully saturated rings. The molecule has 0 unspecified atom stereocenters. The first-order valence-electron chi connectivity index (χ1n) is 9.45. The molecular formula is C18H26N4O2S. The molecule has 2 aromatic heterocycles. The summed E-state index contributed by atoms with van der Waals surface area (Å²) in [5.41, 5.74) is 7.52. The first kappa shape index (κ1) is 16.8. The largest absolute Gasteiger partial charge is 0.384 e. The van der Waals surface area contributed by atoms with Crippen molar-refractivity contribution in [2.45, 2.75) is 80.4 Å². The molecule has 0 aromatic carbocycles. The molecule has 2 N–H and O–H groups in total. The summed E-state index contributed by atoms with van der Waals surface area (Å²) in [7, 11) is -3.49. The van der Waals surface area contributed by atoms with Gasteiger partial charge in [0.2, 0.25) is 0 Å². The SMILES string of the molecule is Nc1c(S(=O)(=O)C2CCCCC2)c2nccnc2n1C1CCCCC1. The molecular weight excluding hydrogens is 336 g/mol. The maximum atomic E-state index is 13.4. The molecule has 7 heteroatoms. The predicted octanol–water partition coefficient (Wildman–Crippen LogP) is 3.63. The summed E-state index contributed by atoms with van der Waals surface area (Å²) < 4.78 is 28.7. The first-order chi connectivity index (χ1) is 12.1. The number of nitrogen functional groups attached to an aromatic ring is 1. The smallest absolute Gasteiger partial charge is 0.187 e. The lowest BCUT2D eigenvalue weighted by atomic mass is 9.95. The van der Waals surface area contributed by atoms with Gasteiger partial charge in [-0.05, 0) is 25.7 Å². The van der Waals surface area contributed by atoms with Gasteiger partial charge in [-0.1, -0.05) is 38.5 Å². The molecule has 0 aliphatic heterocycles. The lowest BCUT2D eigenvalue weighted by molar-refractivity contribution is 0.362. The van der Waals surface area contributed by atoms with E-state index in [1.54, 1.807) is 12.4 Å². The highest BCUT2D eigenvalue weighted by atomic mass is 32.2. The Hall–Kier alpha value is -1.63. The Labute approximate surface area is 148 Å². The zero-order chi connectivity index (χ0) is 17.4. The molecule has 2 aromatic rings. The van der Waals surface area contributed by atoms with Crippen molar-refractivity contribution in [3.05, 3.63) is 12.4 Å². The molecule has 25 heavy (non-hydrogen) atoms. The highest BCUT2D eigenvalue weighted by molar-refractivity contribution is 7.92. The quantitative estimate of drug-likeness (QED) is 0.900. The van der Waals surface area contributed by atoms with E-state index >= 15 is 0 Å². The zero-order valence-corrected chi connectivity index (χ0v) is 15.3. The molecule has 0 saturated heterocycles. The summed E-state index contributed by atoms with van der Waals surface area (Å²) in [6.45, 7) is 0. The Kier molecular flexibility index (Phi) is 4.43. The first-order valence-corrected chi connectivity index (χ1v) is 11.0. The van der Waals surface area contributed by atoms with Gasteiger partial charge in [-0.15, -0.1) is 0 Å². The molecule has 0 radical (unpaired) electrons. The van der Waals surface area contributed by atoms with Crippen LogP contribution in [0.2, 0.25) is 0 Å². The highest BCUT2D eigenvalue weighted by Crippen LogP contribution is 2.40. The van der Waals surface area contributed by atoms with Crippen molar-refractivity contribution in [2.75, 3.05) is 5.73 Å². The van der Waals surface area contributed by atoms with Crippen LogP contribution in [0.3, 0.4) is 0 Å². The number of nitrogens with zero attached hydrogens (tertiary/aromatic N) is 3. The number of sulfone groups is 1. The summed E-state index contributed by atoms with van der Waals surface area (Å²) in [5.74, 6) is 0.346. The van der Waals surface area contributed by atoms with E-state index in [2.05, 4.69) is 9.97 Å². The van der Waals surface area contributed by atoms with Crippen molar-refractivity contribution in [1.82, 2.24) is 14.5 Å². The second-order valence-electron chi connectivity index (χ2n) is 7.41. The maximum absolute atomic E-state index is 13.4. The van der Waals surface area contributed by atoms with Crippen LogP contribution >= 0.6 is 0 Å². The number of nitrogens with two attached hydrogens (primary N) is 1. The van der Waals surface area contributed by atoms with Gasteiger partial charge in [0.05, 0.1) is 5.25 Å². The molecule has 2 aliphatic carbocycles. The second-order valence-corrected chi connectivity index (χ2v) is 9.57. The van der Waals surface area contributed by atoms with Crippen molar-refractivity contribution in [1.29, 1.82) is 0 Å². The van der Waals surface area contributed by atoms with Crippen LogP contribution in [0, 0.1) is 0 Å². The minimum Gasteiger partial charge on any atom is -0.384 e. The zero-order valence-electron chi connectivity index (χ0n) is 14.5. The number of hydrogen-bond acceptors (Lipinski definition) is 5. The van der Waals surface area contributed by atoms with E-state index in [9.17, 15) is 8.42 Å². The van der Waals surface area contributed by atoms with Crippen molar-refractivity contribution in [3.63, 3.8) is 0 Å². The average Bonchev–Trinajstić information content (AvgIpc) is 2.95. The molecule has 2 heterocycles. The molecule has 6 nitrogen and oxygen atoms in total. The third kappa shape index (κ3) is 2.82. The topological polar surface area (TPSA) is 90.9 Å². The molecule has 0 amide bonds. The van der Waals surface area contributed by atoms with E-state index in [0.717, 1.165) is 57.8 Å². The Bertz CT molecular complexity index is 863. The number of rotatable bonds is 3. The van der Waals surface area contributed by atoms with Gasteiger partial charge in [-0.25, -0.2) is 18.4 Å². The number of fused-ring (bicyclic) bond motifs is 1. The van der Waals surface area contributed by atoms with E-state index < -0.39 is 9.84 Å². The minimum atomic E-state index is -3.49. The van der Waals surface area contributed by atoms with Gasteiger partial charge < -0.3 is 10.3 Å². The van der Waals surface area contributed by atoms with Crippen LogP contribution in [-0.2, 0) is 9.84 Å². The van der Waals surface area contributed by atoms with E-state index in [1.807, 2.05) is 4.57 Å². The maximum Gasteiger partial charge on any atom is 0.187 e. The Balaban J connectivity index is 1.88. The lowest BCUT2D eigenvalue weighted by Gasteiger charge is -2.25. The van der Waals surface area contributed by atoms with Gasteiger partial charge in [0.15, 0.2) is 15.5 Å². The standard InChI is InChI=1S/C18H26N4O2S/c19-17-16(25(23,24)14-9-5-2-6-10-14)15-18(21-12-11-20-15)22(17)13-7-3-1-4-8-13/h11-14H,1-10,19H2. The van der Waals surface area contributed by atoms with Gasteiger partial charge >= 0.3 is 0 Å². The van der Waals surface area contributed by atoms with Crippen LogP contribution < -0.4 is 5.73 Å². The molecule has 0 spiro atoms. The molecule has 0 bridgehead atoms. The molecule has 136 valence electrons. The number of hydrogen-bond donors (Lipinski definition) is 1. The predicted molar refractivity (Wildman–Crippen MR) is 98.1 cm³/mol. The molecule has 2 aliphatic rings. The van der Waals surface area contributed by atoms with Crippen molar-refractivity contribution < 1.29 is 8.42 Å². The Morgan fingerprint density at radius 1 is 0.920 bits per heavy atom. The normalized spacial score (nSPS) is 21.0. The number of anilines is 1. The average molecular weight is 362 g/mol. The Morgan fingerprint density at radius 3 is 2.20 bits per heavy atom. The minimum absolute atomic E-state index is 0.225. The van der Waals surface area contributed by atoms with Crippen LogP contribution in [0.5, 0.6) is 0 Å². The molecule has 4 rings (SSSR count). The van der Waals surface area contributed by atoms with Crippen LogP contribution in [0.25, 0.3) is 11.2 Å². The summed E-state index contributed by atoms with van der Waals surface area (Å²) >= 11 is 0. The Morgan fingerprint density at radius 2 is 1.52 bits per heavy atom. The summed E-state index contributed by atoms with van der Waals surface area (Å²) in [6, 6.07) is 0.225. The molecule has 0 atom stereocenters. The fourth-order valence-electron chi connectivity index (χ4n) is 4.54. The monoisotopic (exact) mass is 362 g/mol. The second kappa shape index (κ2) is 6.59. The van der Waals surface area contributed by atoms with Crippen LogP contribution in [0.4, 0.5) is 5.82 Å². The van der Waals surface area contributed by atoms with Crippen LogP contribution in [-0.4, -0.2) is 28.2 Å². The van der Waals surface area contributed by atoms with E-state index in [0.29, 0.717) is 17.0 Å². The fraction of sp³-hybridized carbons (Fsp3) is 0.667. The van der Waals surface area contributed by atoms with Gasteiger partial charge in [-0.3, -0.25) is 0 Å².